The van der Waals surface area contributed by atoms with Gasteiger partial charge in [0, 0.05) is 12.6 Å². The number of hydrogen-bond donors (Lipinski definition) is 1. The largest absolute Gasteiger partial charge is 0.309 e. The second-order valence-electron chi connectivity index (χ2n) is 5.88. The lowest BCUT2D eigenvalue weighted by Crippen LogP contribution is -2.40. The lowest BCUT2D eigenvalue weighted by molar-refractivity contribution is 0.119. The third kappa shape index (κ3) is 2.01. The maximum atomic E-state index is 3.83. The smallest absolute Gasteiger partial charge is 0.0326 e. The first kappa shape index (κ1) is 11.3. The van der Waals surface area contributed by atoms with E-state index < -0.39 is 0 Å². The van der Waals surface area contributed by atoms with Gasteiger partial charge in [-0.1, -0.05) is 37.6 Å². The number of aryl methyl sites for hydroxylation is 1. The Bertz CT molecular complexity index is 387. The van der Waals surface area contributed by atoms with Crippen molar-refractivity contribution in [2.45, 2.75) is 51.5 Å². The van der Waals surface area contributed by atoms with E-state index in [9.17, 15) is 0 Å². The highest BCUT2D eigenvalue weighted by atomic mass is 14.9. The van der Waals surface area contributed by atoms with E-state index >= 15 is 0 Å². The minimum Gasteiger partial charge on any atom is -0.309 e. The predicted molar refractivity (Wildman–Crippen MR) is 72.1 cm³/mol. The summed E-state index contributed by atoms with van der Waals surface area (Å²) in [5, 5.41) is 3.83. The molecule has 0 spiro atoms. The van der Waals surface area contributed by atoms with Gasteiger partial charge in [-0.25, -0.2) is 0 Å². The molecule has 1 aromatic rings. The Morgan fingerprint density at radius 3 is 2.82 bits per heavy atom. The van der Waals surface area contributed by atoms with Crippen LogP contribution in [0.1, 0.15) is 56.2 Å². The third-order valence-corrected chi connectivity index (χ3v) is 5.02. The van der Waals surface area contributed by atoms with Crippen LogP contribution in [0.3, 0.4) is 0 Å². The molecule has 0 amide bonds. The van der Waals surface area contributed by atoms with Crippen LogP contribution < -0.4 is 5.32 Å². The average molecular weight is 229 g/mol. The molecule has 17 heavy (non-hydrogen) atoms. The molecule has 0 saturated heterocycles. The zero-order valence-corrected chi connectivity index (χ0v) is 10.8. The molecule has 1 saturated carbocycles. The molecule has 0 bridgehead atoms. The van der Waals surface area contributed by atoms with Gasteiger partial charge in [-0.3, -0.25) is 0 Å². The van der Waals surface area contributed by atoms with Gasteiger partial charge in [0.1, 0.15) is 0 Å². The Kier molecular flexibility index (Phi) is 2.96. The fraction of sp³-hybridized carbons (Fsp3) is 0.625. The highest BCUT2D eigenvalue weighted by Crippen LogP contribution is 2.44. The molecule has 1 aromatic carbocycles. The lowest BCUT2D eigenvalue weighted by atomic mass is 9.67. The second kappa shape index (κ2) is 4.45. The number of nitrogens with one attached hydrogen (secondary N) is 1. The first-order valence-electron chi connectivity index (χ1n) is 7.14. The molecule has 0 radical (unpaired) electrons. The first-order valence-corrected chi connectivity index (χ1v) is 7.14. The maximum Gasteiger partial charge on any atom is 0.0326 e. The van der Waals surface area contributed by atoms with Crippen molar-refractivity contribution < 1.29 is 0 Å². The van der Waals surface area contributed by atoms with Crippen molar-refractivity contribution in [2.24, 2.45) is 5.41 Å². The summed E-state index contributed by atoms with van der Waals surface area (Å²) < 4.78 is 0. The van der Waals surface area contributed by atoms with Gasteiger partial charge in [-0.2, -0.15) is 0 Å². The van der Waals surface area contributed by atoms with Gasteiger partial charge in [0.15, 0.2) is 0 Å². The van der Waals surface area contributed by atoms with E-state index in [0.29, 0.717) is 11.5 Å². The molecule has 1 atom stereocenters. The van der Waals surface area contributed by atoms with Crippen LogP contribution in [-0.2, 0) is 6.42 Å². The third-order valence-electron chi connectivity index (χ3n) is 5.02. The zero-order chi connectivity index (χ0) is 11.7. The minimum atomic E-state index is 0.621. The van der Waals surface area contributed by atoms with E-state index in [2.05, 4.69) is 36.5 Å². The first-order chi connectivity index (χ1) is 8.33. The van der Waals surface area contributed by atoms with Crippen LogP contribution in [0.25, 0.3) is 0 Å². The maximum absolute atomic E-state index is 3.83. The van der Waals surface area contributed by atoms with E-state index in [1.807, 2.05) is 0 Å². The summed E-state index contributed by atoms with van der Waals surface area (Å²) in [7, 11) is 0. The fourth-order valence-corrected chi connectivity index (χ4v) is 3.44. The van der Waals surface area contributed by atoms with Gasteiger partial charge in [-0.15, -0.1) is 0 Å². The summed E-state index contributed by atoms with van der Waals surface area (Å²) in [6.45, 7) is 3.58. The van der Waals surface area contributed by atoms with Crippen LogP contribution >= 0.6 is 0 Å². The van der Waals surface area contributed by atoms with Crippen LogP contribution in [0, 0.1) is 5.41 Å². The normalized spacial score (nSPS) is 25.4. The molecule has 0 aliphatic heterocycles. The molecule has 3 rings (SSSR count). The Morgan fingerprint density at radius 1 is 1.29 bits per heavy atom. The van der Waals surface area contributed by atoms with Gasteiger partial charge in [-0.05, 0) is 48.6 Å². The van der Waals surface area contributed by atoms with Gasteiger partial charge in [0.2, 0.25) is 0 Å². The molecular weight excluding hydrogens is 206 g/mol. The summed E-state index contributed by atoms with van der Waals surface area (Å²) in [5.41, 5.74) is 3.75. The van der Waals surface area contributed by atoms with Crippen molar-refractivity contribution in [2.75, 3.05) is 6.54 Å². The van der Waals surface area contributed by atoms with Crippen LogP contribution in [0.4, 0.5) is 0 Å². The molecular formula is C16H23N. The molecule has 0 heterocycles. The quantitative estimate of drug-likeness (QED) is 0.827. The number of benzene rings is 1. The molecule has 1 N–H and O–H groups in total. The monoisotopic (exact) mass is 229 g/mol. The zero-order valence-electron chi connectivity index (χ0n) is 10.8. The van der Waals surface area contributed by atoms with Crippen LogP contribution in [-0.4, -0.2) is 6.54 Å². The highest BCUT2D eigenvalue weighted by molar-refractivity contribution is 5.34. The standard InChI is InChI=1S/C16H23N/c1-2-16(10-5-11-16)12-17-15-9-8-13-6-3-4-7-14(13)15/h3-4,6-7,15,17H,2,5,8-12H2,1H3. The Balaban J connectivity index is 1.64. The second-order valence-corrected chi connectivity index (χ2v) is 5.88. The van der Waals surface area contributed by atoms with Crippen molar-refractivity contribution >= 4 is 0 Å². The number of fused-ring (bicyclic) bond motifs is 1. The number of hydrogen-bond acceptors (Lipinski definition) is 1. The van der Waals surface area contributed by atoms with Gasteiger partial charge < -0.3 is 5.32 Å². The summed E-state index contributed by atoms with van der Waals surface area (Å²) in [6.07, 6.45) is 8.20. The van der Waals surface area contributed by atoms with E-state index in [-0.39, 0.29) is 0 Å². The summed E-state index contributed by atoms with van der Waals surface area (Å²) in [6, 6.07) is 9.56. The van der Waals surface area contributed by atoms with Crippen molar-refractivity contribution in [3.8, 4) is 0 Å². The summed E-state index contributed by atoms with van der Waals surface area (Å²) in [4.78, 5) is 0. The van der Waals surface area contributed by atoms with Gasteiger partial charge >= 0.3 is 0 Å². The van der Waals surface area contributed by atoms with Crippen LogP contribution in [0.5, 0.6) is 0 Å². The van der Waals surface area contributed by atoms with Crippen molar-refractivity contribution in [1.29, 1.82) is 0 Å². The molecule has 92 valence electrons. The minimum absolute atomic E-state index is 0.621. The van der Waals surface area contributed by atoms with Gasteiger partial charge in [0.05, 0.1) is 0 Å². The molecule has 0 aromatic heterocycles. The van der Waals surface area contributed by atoms with Crippen LogP contribution in [0.2, 0.25) is 0 Å². The Morgan fingerprint density at radius 2 is 2.12 bits per heavy atom. The van der Waals surface area contributed by atoms with E-state index in [1.165, 1.54) is 45.1 Å². The van der Waals surface area contributed by atoms with Crippen molar-refractivity contribution in [3.63, 3.8) is 0 Å². The summed E-state index contributed by atoms with van der Waals surface area (Å²) >= 11 is 0. The van der Waals surface area contributed by atoms with E-state index in [4.69, 9.17) is 0 Å². The molecule has 1 heteroatoms. The Hall–Kier alpha value is -0.820. The van der Waals surface area contributed by atoms with E-state index in [1.54, 1.807) is 11.1 Å². The van der Waals surface area contributed by atoms with Gasteiger partial charge in [0.25, 0.3) is 0 Å². The molecule has 1 unspecified atom stereocenters. The van der Waals surface area contributed by atoms with Crippen LogP contribution in [0.15, 0.2) is 24.3 Å². The average Bonchev–Trinajstić information content (AvgIpc) is 2.72. The SMILES string of the molecule is CCC1(CNC2CCc3ccccc32)CCC1. The summed E-state index contributed by atoms with van der Waals surface area (Å²) in [5.74, 6) is 0. The Labute approximate surface area is 105 Å². The van der Waals surface area contributed by atoms with Crippen molar-refractivity contribution in [3.05, 3.63) is 35.4 Å². The highest BCUT2D eigenvalue weighted by Gasteiger charge is 2.35. The topological polar surface area (TPSA) is 12.0 Å². The molecule has 1 nitrogen and oxygen atoms in total. The fourth-order valence-electron chi connectivity index (χ4n) is 3.44. The predicted octanol–water partition coefficient (Wildman–Crippen LogP) is 3.84. The lowest BCUT2D eigenvalue weighted by Gasteiger charge is -2.42. The number of rotatable bonds is 4. The van der Waals surface area contributed by atoms with E-state index in [0.717, 1.165) is 0 Å². The molecule has 1 fully saturated rings. The molecule has 2 aliphatic carbocycles. The molecule has 2 aliphatic rings. The van der Waals surface area contributed by atoms with Crippen molar-refractivity contribution in [1.82, 2.24) is 5.32 Å².